The maximum atomic E-state index is 5.48. The van der Waals surface area contributed by atoms with Crippen molar-refractivity contribution in [1.29, 1.82) is 0 Å². The quantitative estimate of drug-likeness (QED) is 0.292. The SMILES string of the molecule is C=C[C@H](CCCCCCC)OCOCOC. The monoisotopic (exact) mass is 230 g/mol. The average molecular weight is 230 g/mol. The van der Waals surface area contributed by atoms with Crippen LogP contribution in [0.1, 0.15) is 45.4 Å². The summed E-state index contributed by atoms with van der Waals surface area (Å²) < 4.78 is 15.3. The molecule has 0 aliphatic heterocycles. The van der Waals surface area contributed by atoms with Crippen LogP contribution in [0.2, 0.25) is 0 Å². The molecule has 0 saturated carbocycles. The molecule has 0 radical (unpaired) electrons. The molecule has 96 valence electrons. The van der Waals surface area contributed by atoms with E-state index >= 15 is 0 Å². The van der Waals surface area contributed by atoms with E-state index in [0.29, 0.717) is 0 Å². The third-order valence-electron chi connectivity index (χ3n) is 2.42. The predicted molar refractivity (Wildman–Crippen MR) is 66.3 cm³/mol. The maximum Gasteiger partial charge on any atom is 0.150 e. The summed E-state index contributed by atoms with van der Waals surface area (Å²) in [4.78, 5) is 0. The number of rotatable bonds is 12. The van der Waals surface area contributed by atoms with Crippen molar-refractivity contribution in [2.45, 2.75) is 51.6 Å². The second kappa shape index (κ2) is 12.7. The van der Waals surface area contributed by atoms with E-state index in [-0.39, 0.29) is 19.7 Å². The molecule has 0 amide bonds. The second-order valence-corrected chi connectivity index (χ2v) is 3.87. The highest BCUT2D eigenvalue weighted by molar-refractivity contribution is 4.79. The zero-order valence-electron chi connectivity index (χ0n) is 10.7. The molecular weight excluding hydrogens is 204 g/mol. The second-order valence-electron chi connectivity index (χ2n) is 3.87. The van der Waals surface area contributed by atoms with E-state index in [1.807, 2.05) is 6.08 Å². The lowest BCUT2D eigenvalue weighted by atomic mass is 10.1. The highest BCUT2D eigenvalue weighted by Gasteiger charge is 2.03. The highest BCUT2D eigenvalue weighted by atomic mass is 16.7. The van der Waals surface area contributed by atoms with Gasteiger partial charge in [0.05, 0.1) is 6.10 Å². The van der Waals surface area contributed by atoms with Gasteiger partial charge >= 0.3 is 0 Å². The molecule has 16 heavy (non-hydrogen) atoms. The Kier molecular flexibility index (Phi) is 12.4. The summed E-state index contributed by atoms with van der Waals surface area (Å²) in [5.74, 6) is 0. The Morgan fingerprint density at radius 2 is 1.88 bits per heavy atom. The Morgan fingerprint density at radius 3 is 2.50 bits per heavy atom. The van der Waals surface area contributed by atoms with Crippen LogP contribution in [0.5, 0.6) is 0 Å². The fourth-order valence-electron chi connectivity index (χ4n) is 1.47. The van der Waals surface area contributed by atoms with Gasteiger partial charge in [0.25, 0.3) is 0 Å². The van der Waals surface area contributed by atoms with Crippen molar-refractivity contribution in [2.24, 2.45) is 0 Å². The minimum atomic E-state index is 0.110. The third kappa shape index (κ3) is 10.1. The number of hydrogen-bond donors (Lipinski definition) is 0. The largest absolute Gasteiger partial charge is 0.359 e. The first kappa shape index (κ1) is 15.6. The summed E-state index contributed by atoms with van der Waals surface area (Å²) in [7, 11) is 1.60. The Hall–Kier alpha value is -0.380. The van der Waals surface area contributed by atoms with Crippen molar-refractivity contribution < 1.29 is 14.2 Å². The maximum absolute atomic E-state index is 5.48. The molecule has 0 fully saturated rings. The van der Waals surface area contributed by atoms with Crippen LogP contribution in [-0.4, -0.2) is 26.8 Å². The summed E-state index contributed by atoms with van der Waals surface area (Å²) >= 11 is 0. The normalized spacial score (nSPS) is 12.6. The van der Waals surface area contributed by atoms with Crippen LogP contribution >= 0.6 is 0 Å². The third-order valence-corrected chi connectivity index (χ3v) is 2.42. The fraction of sp³-hybridized carbons (Fsp3) is 0.846. The van der Waals surface area contributed by atoms with E-state index in [2.05, 4.69) is 13.5 Å². The number of ether oxygens (including phenoxy) is 3. The molecule has 0 bridgehead atoms. The first-order valence-electron chi connectivity index (χ1n) is 6.16. The van der Waals surface area contributed by atoms with Crippen molar-refractivity contribution in [3.8, 4) is 0 Å². The highest BCUT2D eigenvalue weighted by Crippen LogP contribution is 2.10. The van der Waals surface area contributed by atoms with Gasteiger partial charge in [0.2, 0.25) is 0 Å². The first-order chi connectivity index (χ1) is 7.85. The van der Waals surface area contributed by atoms with E-state index in [1.165, 1.54) is 32.1 Å². The van der Waals surface area contributed by atoms with Gasteiger partial charge in [0, 0.05) is 7.11 Å². The van der Waals surface area contributed by atoms with Gasteiger partial charge < -0.3 is 14.2 Å². The summed E-state index contributed by atoms with van der Waals surface area (Å²) in [5, 5.41) is 0. The molecule has 0 spiro atoms. The fourth-order valence-corrected chi connectivity index (χ4v) is 1.47. The van der Waals surface area contributed by atoms with Crippen LogP contribution in [0, 0.1) is 0 Å². The van der Waals surface area contributed by atoms with Gasteiger partial charge in [0.1, 0.15) is 13.6 Å². The van der Waals surface area contributed by atoms with Gasteiger partial charge in [-0.25, -0.2) is 0 Å². The minimum Gasteiger partial charge on any atom is -0.359 e. The van der Waals surface area contributed by atoms with Crippen molar-refractivity contribution in [3.63, 3.8) is 0 Å². The lowest BCUT2D eigenvalue weighted by Crippen LogP contribution is -2.13. The zero-order chi connectivity index (χ0) is 12.1. The van der Waals surface area contributed by atoms with E-state index < -0.39 is 0 Å². The van der Waals surface area contributed by atoms with Crippen LogP contribution in [0.15, 0.2) is 12.7 Å². The van der Waals surface area contributed by atoms with Crippen molar-refractivity contribution in [1.82, 2.24) is 0 Å². The molecule has 3 heteroatoms. The molecule has 0 aliphatic rings. The van der Waals surface area contributed by atoms with Gasteiger partial charge in [-0.05, 0) is 6.42 Å². The molecule has 0 aromatic carbocycles. The number of hydrogen-bond acceptors (Lipinski definition) is 3. The van der Waals surface area contributed by atoms with Crippen LogP contribution < -0.4 is 0 Å². The van der Waals surface area contributed by atoms with Crippen molar-refractivity contribution >= 4 is 0 Å². The smallest absolute Gasteiger partial charge is 0.150 e. The minimum absolute atomic E-state index is 0.110. The standard InChI is InChI=1S/C13H26O3/c1-4-6-7-8-9-10-13(5-2)16-12-15-11-14-3/h5,13H,2,4,6-12H2,1,3H3/t13-/m1/s1. The Balaban J connectivity index is 3.33. The van der Waals surface area contributed by atoms with Crippen LogP contribution in [0.25, 0.3) is 0 Å². The topological polar surface area (TPSA) is 27.7 Å². The summed E-state index contributed by atoms with van der Waals surface area (Å²) in [6, 6.07) is 0. The average Bonchev–Trinajstić information content (AvgIpc) is 2.31. The molecule has 0 aromatic heterocycles. The van der Waals surface area contributed by atoms with E-state index in [4.69, 9.17) is 14.2 Å². The first-order valence-corrected chi connectivity index (χ1v) is 6.16. The van der Waals surface area contributed by atoms with Gasteiger partial charge in [-0.2, -0.15) is 0 Å². The molecule has 0 N–H and O–H groups in total. The van der Waals surface area contributed by atoms with Gasteiger partial charge in [0.15, 0.2) is 0 Å². The molecule has 0 rings (SSSR count). The van der Waals surface area contributed by atoms with Crippen molar-refractivity contribution in [2.75, 3.05) is 20.7 Å². The summed E-state index contributed by atoms with van der Waals surface area (Å²) in [6.45, 7) is 6.54. The predicted octanol–water partition coefficient (Wildman–Crippen LogP) is 3.50. The molecule has 0 saturated heterocycles. The van der Waals surface area contributed by atoms with Crippen LogP contribution in [0.4, 0.5) is 0 Å². The van der Waals surface area contributed by atoms with Crippen LogP contribution in [-0.2, 0) is 14.2 Å². The van der Waals surface area contributed by atoms with E-state index in [0.717, 1.165) is 6.42 Å². The number of unbranched alkanes of at least 4 members (excludes halogenated alkanes) is 4. The molecule has 0 heterocycles. The summed E-state index contributed by atoms with van der Waals surface area (Å²) in [5.41, 5.74) is 0. The lowest BCUT2D eigenvalue weighted by Gasteiger charge is -2.13. The molecule has 0 aliphatic carbocycles. The molecule has 1 atom stereocenters. The van der Waals surface area contributed by atoms with Crippen LogP contribution in [0.3, 0.4) is 0 Å². The van der Waals surface area contributed by atoms with Gasteiger partial charge in [-0.15, -0.1) is 6.58 Å². The van der Waals surface area contributed by atoms with Gasteiger partial charge in [-0.3, -0.25) is 0 Å². The Labute approximate surface area is 99.8 Å². The molecular formula is C13H26O3. The van der Waals surface area contributed by atoms with E-state index in [9.17, 15) is 0 Å². The lowest BCUT2D eigenvalue weighted by molar-refractivity contribution is -0.133. The Morgan fingerprint density at radius 1 is 1.12 bits per heavy atom. The van der Waals surface area contributed by atoms with Crippen molar-refractivity contribution in [3.05, 3.63) is 12.7 Å². The summed E-state index contributed by atoms with van der Waals surface area (Å²) in [6.07, 6.45) is 9.39. The molecule has 0 aromatic rings. The number of methoxy groups -OCH3 is 1. The Bertz CT molecular complexity index is 148. The molecule has 3 nitrogen and oxygen atoms in total. The van der Waals surface area contributed by atoms with E-state index in [1.54, 1.807) is 7.11 Å². The van der Waals surface area contributed by atoms with Gasteiger partial charge in [-0.1, -0.05) is 45.1 Å². The zero-order valence-corrected chi connectivity index (χ0v) is 10.7. The molecule has 0 unspecified atom stereocenters.